The molecule has 2 aromatic rings. The fourth-order valence-electron chi connectivity index (χ4n) is 3.80. The summed E-state index contributed by atoms with van der Waals surface area (Å²) in [6.45, 7) is -1.96. The average Bonchev–Trinajstić information content (AvgIpc) is 2.77. The van der Waals surface area contributed by atoms with Gasteiger partial charge in [-0.3, -0.25) is 4.79 Å². The molecule has 0 aliphatic carbocycles. The fourth-order valence-corrected chi connectivity index (χ4v) is 4.44. The second kappa shape index (κ2) is 8.89. The summed E-state index contributed by atoms with van der Waals surface area (Å²) >= 11 is 1.00. The molecule has 1 N–H and O–H groups in total. The molecular weight excluding hydrogens is 413 g/mol. The molecule has 162 valence electrons. The molecule has 0 unspecified atom stereocenters. The molecule has 30 heavy (non-hydrogen) atoms. The second-order valence-corrected chi connectivity index (χ2v) is 8.03. The lowest BCUT2D eigenvalue weighted by atomic mass is 9.82. The Morgan fingerprint density at radius 2 is 2.03 bits per heavy atom. The number of hydrogen-bond acceptors (Lipinski definition) is 4. The van der Waals surface area contributed by atoms with Gasteiger partial charge in [-0.15, -0.1) is 11.8 Å². The van der Waals surface area contributed by atoms with Crippen LogP contribution in [0, 0.1) is 0 Å². The Bertz CT molecular complexity index is 978. The maximum absolute atomic E-state index is 13.5. The number of thioether (sulfide) groups is 1. The summed E-state index contributed by atoms with van der Waals surface area (Å²) < 4.78 is 68.7. The normalized spacial score (nSPS) is 22.0. The van der Waals surface area contributed by atoms with Crippen molar-refractivity contribution in [2.45, 2.75) is 29.5 Å². The number of rotatable bonds is 5. The monoisotopic (exact) mass is 441 g/mol. The van der Waals surface area contributed by atoms with Crippen LogP contribution in [0.5, 0.6) is 5.75 Å². The van der Waals surface area contributed by atoms with Crippen LogP contribution < -0.4 is 10.1 Å². The number of likely N-dealkylation sites (tertiary alicyclic amines) is 1. The van der Waals surface area contributed by atoms with E-state index in [1.807, 2.05) is 18.2 Å². The van der Waals surface area contributed by atoms with Crippen molar-refractivity contribution in [3.05, 3.63) is 59.2 Å². The number of halogens is 3. The van der Waals surface area contributed by atoms with Crippen LogP contribution in [0.3, 0.4) is 0 Å². The van der Waals surface area contributed by atoms with Crippen molar-refractivity contribution in [1.82, 2.24) is 10.2 Å². The van der Waals surface area contributed by atoms with E-state index in [4.69, 9.17) is 8.85 Å². The first-order valence-electron chi connectivity index (χ1n) is 10.9. The Hall–Kier alpha value is -2.19. The van der Waals surface area contributed by atoms with Crippen LogP contribution in [0.4, 0.5) is 13.2 Å². The lowest BCUT2D eigenvalue weighted by Gasteiger charge is -2.42. The highest BCUT2D eigenvalue weighted by molar-refractivity contribution is 7.98. The fraction of sp³-hybridized carbons (Fsp3) is 0.409. The Kier molecular flexibility index (Phi) is 5.51. The lowest BCUT2D eigenvalue weighted by molar-refractivity contribution is -0.137. The van der Waals surface area contributed by atoms with Gasteiger partial charge in [-0.2, -0.15) is 13.2 Å². The Morgan fingerprint density at radius 3 is 2.63 bits per heavy atom. The minimum atomic E-state index is -4.60. The third-order valence-corrected chi connectivity index (χ3v) is 5.99. The topological polar surface area (TPSA) is 41.6 Å². The van der Waals surface area contributed by atoms with Gasteiger partial charge in [0.1, 0.15) is 5.75 Å². The number of alkyl halides is 3. The van der Waals surface area contributed by atoms with Gasteiger partial charge in [-0.1, -0.05) is 30.3 Å². The average molecular weight is 442 g/mol. The van der Waals surface area contributed by atoms with Crippen molar-refractivity contribution in [3.8, 4) is 5.75 Å². The first kappa shape index (κ1) is 18.6. The summed E-state index contributed by atoms with van der Waals surface area (Å²) in [5, 5.41) is 2.97. The van der Waals surface area contributed by atoms with Crippen molar-refractivity contribution in [2.75, 3.05) is 33.4 Å². The summed E-state index contributed by atoms with van der Waals surface area (Å²) in [4.78, 5) is 15.0. The van der Waals surface area contributed by atoms with Crippen LogP contribution in [0.15, 0.2) is 47.4 Å². The summed E-state index contributed by atoms with van der Waals surface area (Å²) in [6.07, 6.45) is -2.02. The van der Waals surface area contributed by atoms with Gasteiger partial charge < -0.3 is 15.0 Å². The number of piperidine rings is 1. The second-order valence-electron chi connectivity index (χ2n) is 7.18. The number of carbonyl (C=O) groups excluding carboxylic acids is 1. The predicted molar refractivity (Wildman–Crippen MR) is 112 cm³/mol. The molecule has 1 aliphatic heterocycles. The molecule has 8 heteroatoms. The molecule has 0 saturated carbocycles. The molecule has 1 aliphatic rings. The van der Waals surface area contributed by atoms with Crippen molar-refractivity contribution in [1.29, 1.82) is 0 Å². The van der Waals surface area contributed by atoms with E-state index in [1.165, 1.54) is 12.0 Å². The minimum Gasteiger partial charge on any atom is -0.496 e. The van der Waals surface area contributed by atoms with E-state index in [1.54, 1.807) is 18.4 Å². The maximum atomic E-state index is 13.5. The predicted octanol–water partition coefficient (Wildman–Crippen LogP) is 4.79. The molecule has 1 amide bonds. The van der Waals surface area contributed by atoms with Crippen molar-refractivity contribution < 1.29 is 26.8 Å². The lowest BCUT2D eigenvalue weighted by Crippen LogP contribution is -2.55. The number of likely N-dealkylation sites (N-methyl/N-ethyl adjacent to an activating group) is 1. The summed E-state index contributed by atoms with van der Waals surface area (Å²) in [5.74, 6) is -0.820. The highest BCUT2D eigenvalue weighted by Gasteiger charge is 2.39. The van der Waals surface area contributed by atoms with Gasteiger partial charge in [0.05, 0.1) is 23.8 Å². The number of ether oxygens (including phenoxy) is 1. The molecule has 1 atom stereocenters. The molecule has 1 heterocycles. The van der Waals surface area contributed by atoms with Gasteiger partial charge in [-0.05, 0) is 50.3 Å². The van der Waals surface area contributed by atoms with E-state index < -0.39 is 30.2 Å². The van der Waals surface area contributed by atoms with Gasteiger partial charge in [-0.25, -0.2) is 0 Å². The summed E-state index contributed by atoms with van der Waals surface area (Å²) in [7, 11) is 1.21. The zero-order chi connectivity index (χ0) is 24.4. The molecule has 0 bridgehead atoms. The molecule has 1 saturated heterocycles. The van der Waals surface area contributed by atoms with Crippen LogP contribution in [0.2, 0.25) is 0 Å². The van der Waals surface area contributed by atoms with Gasteiger partial charge in [0, 0.05) is 15.6 Å². The van der Waals surface area contributed by atoms with Gasteiger partial charge in [0.25, 0.3) is 5.91 Å². The summed E-state index contributed by atoms with van der Waals surface area (Å²) in [6, 6.07) is 10.7. The van der Waals surface area contributed by atoms with E-state index in [0.717, 1.165) is 29.5 Å². The highest BCUT2D eigenvalue weighted by Crippen LogP contribution is 2.39. The van der Waals surface area contributed by atoms with Crippen molar-refractivity contribution >= 4 is 17.7 Å². The van der Waals surface area contributed by atoms with Gasteiger partial charge in [0.15, 0.2) is 0 Å². The third kappa shape index (κ3) is 4.59. The smallest absolute Gasteiger partial charge is 0.416 e. The first-order chi connectivity index (χ1) is 15.4. The number of hydrogen-bond donors (Lipinski definition) is 1. The quantitative estimate of drug-likeness (QED) is 0.678. The maximum Gasteiger partial charge on any atom is 0.416 e. The van der Waals surface area contributed by atoms with Crippen molar-refractivity contribution in [2.24, 2.45) is 0 Å². The standard InChI is InChI=1S/C22H25F3N2O2S/c1-27-11-7-10-21(14-27,15-8-5-4-6-9-15)26-20(28)19-17(29-2)12-16(22(23,24)25)13-18(19)30-3/h4-6,8-9,12-13H,7,10-11,14H2,1-3H3,(H,26,28)/t21-/m0/s1/i1D3. The number of carbonyl (C=O) groups is 1. The SMILES string of the molecule is [2H]C([2H])([2H])N1CCC[C@@](NC(=O)c2c(OC)cc(C(F)(F)F)cc2SC)(c2ccccc2)C1. The molecular formula is C22H25F3N2O2S. The Labute approximate surface area is 183 Å². The number of methoxy groups -OCH3 is 1. The first-order valence-corrected chi connectivity index (χ1v) is 10.6. The zero-order valence-electron chi connectivity index (χ0n) is 19.7. The molecule has 1 fully saturated rings. The molecule has 0 aromatic heterocycles. The molecule has 0 spiro atoms. The van der Waals surface area contributed by atoms with E-state index in [-0.39, 0.29) is 22.8 Å². The van der Waals surface area contributed by atoms with E-state index in [9.17, 15) is 18.0 Å². The molecule has 0 radical (unpaired) electrons. The Balaban J connectivity index is 2.07. The van der Waals surface area contributed by atoms with Gasteiger partial charge in [0.2, 0.25) is 0 Å². The number of amides is 1. The number of nitrogens with zero attached hydrogens (tertiary/aromatic N) is 1. The number of benzene rings is 2. The van der Waals surface area contributed by atoms with Crippen LogP contribution in [-0.2, 0) is 11.7 Å². The minimum absolute atomic E-state index is 0.0145. The zero-order valence-corrected chi connectivity index (χ0v) is 17.5. The van der Waals surface area contributed by atoms with Crippen molar-refractivity contribution in [3.63, 3.8) is 0 Å². The van der Waals surface area contributed by atoms with Crippen LogP contribution >= 0.6 is 11.8 Å². The highest BCUT2D eigenvalue weighted by atomic mass is 32.2. The van der Waals surface area contributed by atoms with Crippen LogP contribution in [0.25, 0.3) is 0 Å². The Morgan fingerprint density at radius 1 is 1.30 bits per heavy atom. The van der Waals surface area contributed by atoms with Crippen LogP contribution in [0.1, 0.15) is 38.4 Å². The number of nitrogens with one attached hydrogen (secondary N) is 1. The summed E-state index contributed by atoms with van der Waals surface area (Å²) in [5.41, 5.74) is -1.23. The molecule has 2 aromatic carbocycles. The molecule has 3 rings (SSSR count). The third-order valence-electron chi connectivity index (χ3n) is 5.23. The van der Waals surface area contributed by atoms with E-state index in [2.05, 4.69) is 5.32 Å². The van der Waals surface area contributed by atoms with Gasteiger partial charge >= 0.3 is 6.18 Å². The van der Waals surface area contributed by atoms with E-state index >= 15 is 0 Å². The molecule has 4 nitrogen and oxygen atoms in total. The van der Waals surface area contributed by atoms with Crippen LogP contribution in [-0.4, -0.2) is 44.2 Å². The largest absolute Gasteiger partial charge is 0.496 e. The van der Waals surface area contributed by atoms with E-state index in [0.29, 0.717) is 19.4 Å².